The zero-order chi connectivity index (χ0) is 49.5. The number of aliphatic hydroxyl groups excluding tert-OH is 2. The molecule has 0 unspecified atom stereocenters. The van der Waals surface area contributed by atoms with Gasteiger partial charge >= 0.3 is 5.97 Å². The lowest BCUT2D eigenvalue weighted by Gasteiger charge is -2.04. The maximum atomic E-state index is 14.4. The number of halogens is 5. The standard InChI is InChI=1S/C24H21ClFN7O2.C15H15N5O3.C8H7ClFN3.ClH/c25-18-5-6-31-13-27-19(23(31)22(18)26)3-4-21(35)20-11-33(30-29-20)10-17-9-32-8-15(14-1-2-14)7-16(12-34)24(32)28-17;21-8-11-3-10(9-1-2-9)4-19-5-12(16-14(11)19)6-20-7-13(15(22)23)17-18-20;9-5-1-2-13-4-12-6(3-11)8(13)7(5)10;/h5-9,11,13-14,34H,1-4,10,12H2;3-5,7,9,21H,1-2,6,8H2,(H,22,23);1-2,4H,3,11H2;1H. The average Bonchev–Trinajstić information content (AvgIpc) is 3.94. The van der Waals surface area contributed by atoms with Crippen molar-refractivity contribution >= 4 is 69.7 Å². The zero-order valence-electron chi connectivity index (χ0n) is 37.9. The van der Waals surface area contributed by atoms with Gasteiger partial charge in [0.25, 0.3) is 0 Å². The predicted molar refractivity (Wildman–Crippen MR) is 259 cm³/mol. The minimum absolute atomic E-state index is 0. The fourth-order valence-corrected chi connectivity index (χ4v) is 8.62. The number of aryl methyl sites for hydroxylation is 1. The largest absolute Gasteiger partial charge is 0.476 e. The first-order valence-corrected chi connectivity index (χ1v) is 23.2. The quantitative estimate of drug-likeness (QED) is 0.0833. The highest BCUT2D eigenvalue weighted by Crippen LogP contribution is 2.41. The SMILES string of the molecule is Cl.NCc1ncn2ccc(Cl)c(F)c12.O=C(CCc1ncn2ccc(Cl)c(F)c12)c1cn(Cc2cn3cc(C4CC4)cc(CO)c3n2)nn1.O=C(O)c1cn(Cc2cn3cc(C4CC4)cc(CO)c3n2)nn1. The molecule has 5 N–H and O–H groups in total. The van der Waals surface area contributed by atoms with Crippen LogP contribution in [0.2, 0.25) is 10.0 Å². The fourth-order valence-electron chi connectivity index (χ4n) is 8.32. The molecule has 10 heterocycles. The van der Waals surface area contributed by atoms with Gasteiger partial charge in [-0.3, -0.25) is 4.79 Å². The van der Waals surface area contributed by atoms with Crippen LogP contribution in [0.25, 0.3) is 22.3 Å². The van der Waals surface area contributed by atoms with E-state index in [1.54, 1.807) is 32.1 Å². The van der Waals surface area contributed by atoms with E-state index in [4.69, 9.17) is 34.0 Å². The molecule has 10 aromatic rings. The first kappa shape index (κ1) is 49.8. The van der Waals surface area contributed by atoms with Crippen LogP contribution in [0.5, 0.6) is 0 Å². The van der Waals surface area contributed by atoms with Gasteiger partial charge in [-0.25, -0.2) is 42.9 Å². The average molecular weight is 1040 g/mol. The number of pyridine rings is 4. The van der Waals surface area contributed by atoms with E-state index in [0.29, 0.717) is 53.1 Å². The van der Waals surface area contributed by atoms with Gasteiger partial charge in [0.1, 0.15) is 28.0 Å². The Labute approximate surface area is 422 Å². The lowest BCUT2D eigenvalue weighted by molar-refractivity contribution is 0.0690. The number of aromatic carboxylic acids is 1. The Bertz CT molecular complexity index is 3630. The molecule has 12 rings (SSSR count). The van der Waals surface area contributed by atoms with Crippen molar-refractivity contribution in [3.8, 4) is 0 Å². The summed E-state index contributed by atoms with van der Waals surface area (Å²) in [5, 5.41) is 43.8. The molecule has 2 fully saturated rings. The number of fused-ring (bicyclic) bond motifs is 4. The Morgan fingerprint density at radius 2 is 1.15 bits per heavy atom. The molecule has 2 saturated carbocycles. The van der Waals surface area contributed by atoms with Crippen LogP contribution in [0.1, 0.15) is 110 Å². The molecule has 0 aromatic carbocycles. The highest BCUT2D eigenvalue weighted by molar-refractivity contribution is 6.31. The van der Waals surface area contributed by atoms with Crippen molar-refractivity contribution in [3.05, 3.63) is 165 Å². The second-order valence-corrected chi connectivity index (χ2v) is 18.1. The van der Waals surface area contributed by atoms with Crippen LogP contribution >= 0.6 is 35.6 Å². The molecule has 0 aliphatic heterocycles. The Kier molecular flexibility index (Phi) is 14.4. The molecule has 0 atom stereocenters. The molecular weight excluding hydrogens is 999 g/mol. The van der Waals surface area contributed by atoms with Crippen molar-refractivity contribution in [1.29, 1.82) is 0 Å². The smallest absolute Gasteiger partial charge is 0.358 e. The number of nitrogens with two attached hydrogens (primary N) is 1. The summed E-state index contributed by atoms with van der Waals surface area (Å²) < 4.78 is 37.8. The monoisotopic (exact) mass is 1040 g/mol. The van der Waals surface area contributed by atoms with Gasteiger partial charge in [0, 0.05) is 61.3 Å². The Balaban J connectivity index is 0.000000148. The van der Waals surface area contributed by atoms with Gasteiger partial charge in [0.05, 0.1) is 84.2 Å². The van der Waals surface area contributed by atoms with E-state index in [9.17, 15) is 28.6 Å². The molecule has 2 aliphatic rings. The molecule has 0 radical (unpaired) electrons. The number of carboxylic acid groups (broad SMARTS) is 1. The van der Waals surface area contributed by atoms with Crippen LogP contribution < -0.4 is 5.73 Å². The Hall–Kier alpha value is -7.21. The van der Waals surface area contributed by atoms with Gasteiger partial charge in [0.15, 0.2) is 23.1 Å². The third kappa shape index (κ3) is 10.4. The zero-order valence-corrected chi connectivity index (χ0v) is 40.3. The summed E-state index contributed by atoms with van der Waals surface area (Å²) >= 11 is 11.5. The second-order valence-electron chi connectivity index (χ2n) is 17.3. The van der Waals surface area contributed by atoms with E-state index in [-0.39, 0.29) is 77.7 Å². The number of hydrogen-bond acceptors (Lipinski definition) is 13. The number of carbonyl (C=O) groups is 2. The summed E-state index contributed by atoms with van der Waals surface area (Å²) in [6.07, 6.45) is 22.2. The highest BCUT2D eigenvalue weighted by atomic mass is 35.5. The molecular formula is C47H44Cl3F2N15O5. The third-order valence-corrected chi connectivity index (χ3v) is 12.8. The number of Topliss-reactive ketones (excluding diaryl/α,β-unsaturated/α-hetero) is 1. The van der Waals surface area contributed by atoms with Crippen molar-refractivity contribution in [2.24, 2.45) is 5.73 Å². The summed E-state index contributed by atoms with van der Waals surface area (Å²) in [4.78, 5) is 40.9. The van der Waals surface area contributed by atoms with Crippen LogP contribution in [-0.4, -0.2) is 94.6 Å². The number of nitrogens with zero attached hydrogens (tertiary/aromatic N) is 14. The van der Waals surface area contributed by atoms with Crippen LogP contribution in [0.15, 0.2) is 86.5 Å². The van der Waals surface area contributed by atoms with Gasteiger partial charge in [-0.05, 0) is 79.3 Å². The van der Waals surface area contributed by atoms with Crippen molar-refractivity contribution in [1.82, 2.24) is 67.5 Å². The van der Waals surface area contributed by atoms with E-state index in [2.05, 4.69) is 46.8 Å². The van der Waals surface area contributed by atoms with Crippen LogP contribution in [0.3, 0.4) is 0 Å². The topological polar surface area (TPSA) is 251 Å². The Morgan fingerprint density at radius 3 is 1.61 bits per heavy atom. The Morgan fingerprint density at radius 1 is 0.681 bits per heavy atom. The van der Waals surface area contributed by atoms with Gasteiger partial charge in [-0.1, -0.05) is 33.6 Å². The number of aromatic nitrogens is 14. The van der Waals surface area contributed by atoms with Crippen molar-refractivity contribution in [2.45, 2.75) is 83.2 Å². The predicted octanol–water partition coefficient (Wildman–Crippen LogP) is 6.65. The van der Waals surface area contributed by atoms with E-state index in [0.717, 1.165) is 22.5 Å². The summed E-state index contributed by atoms with van der Waals surface area (Å²) in [6.45, 7) is 0.720. The second kappa shape index (κ2) is 20.9. The first-order chi connectivity index (χ1) is 34.4. The molecule has 72 heavy (non-hydrogen) atoms. The lowest BCUT2D eigenvalue weighted by Crippen LogP contribution is -2.03. The van der Waals surface area contributed by atoms with Crippen molar-refractivity contribution < 1.29 is 33.7 Å². The first-order valence-electron chi connectivity index (χ1n) is 22.5. The lowest BCUT2D eigenvalue weighted by atomic mass is 10.1. The number of hydrogen-bond donors (Lipinski definition) is 4. The number of rotatable bonds is 14. The summed E-state index contributed by atoms with van der Waals surface area (Å²) in [5.41, 5.74) is 14.0. The molecule has 2 aliphatic carbocycles. The van der Waals surface area contributed by atoms with Crippen LogP contribution in [-0.2, 0) is 39.3 Å². The van der Waals surface area contributed by atoms with Gasteiger partial charge < -0.3 is 38.7 Å². The summed E-state index contributed by atoms with van der Waals surface area (Å²) in [5.74, 6) is -1.20. The van der Waals surface area contributed by atoms with E-state index < -0.39 is 17.6 Å². The number of aliphatic hydroxyl groups is 2. The van der Waals surface area contributed by atoms with Gasteiger partial charge in [0.2, 0.25) is 0 Å². The molecule has 0 saturated heterocycles. The van der Waals surface area contributed by atoms with Crippen molar-refractivity contribution in [3.63, 3.8) is 0 Å². The molecule has 25 heteroatoms. The van der Waals surface area contributed by atoms with E-state index >= 15 is 0 Å². The molecule has 10 aromatic heterocycles. The number of carboxylic acids is 1. The van der Waals surface area contributed by atoms with Crippen LogP contribution in [0, 0.1) is 11.6 Å². The molecule has 0 spiro atoms. The van der Waals surface area contributed by atoms with Gasteiger partial charge in [-0.15, -0.1) is 22.6 Å². The summed E-state index contributed by atoms with van der Waals surface area (Å²) in [6, 6.07) is 6.98. The fraction of sp³-hybridized carbons (Fsp3) is 0.277. The molecule has 20 nitrogen and oxygen atoms in total. The van der Waals surface area contributed by atoms with E-state index in [1.165, 1.54) is 72.5 Å². The molecule has 0 bridgehead atoms. The minimum atomic E-state index is -1.11. The van der Waals surface area contributed by atoms with Gasteiger partial charge in [-0.2, -0.15) is 0 Å². The maximum absolute atomic E-state index is 14.4. The van der Waals surface area contributed by atoms with Crippen molar-refractivity contribution in [2.75, 3.05) is 0 Å². The molecule has 0 amide bonds. The minimum Gasteiger partial charge on any atom is -0.476 e. The summed E-state index contributed by atoms with van der Waals surface area (Å²) in [7, 11) is 0. The third-order valence-electron chi connectivity index (χ3n) is 12.2. The highest BCUT2D eigenvalue weighted by Gasteiger charge is 2.26. The maximum Gasteiger partial charge on any atom is 0.358 e. The number of imidazole rings is 4. The number of carbonyl (C=O) groups excluding carboxylic acids is 1. The normalized spacial score (nSPS) is 13.3. The number of ketones is 1. The molecule has 372 valence electrons. The van der Waals surface area contributed by atoms with E-state index in [1.807, 2.05) is 39.5 Å². The van der Waals surface area contributed by atoms with Crippen LogP contribution in [0.4, 0.5) is 8.78 Å².